The van der Waals surface area contributed by atoms with Gasteiger partial charge in [-0.15, -0.1) is 0 Å². The van der Waals surface area contributed by atoms with Crippen molar-refractivity contribution in [3.8, 4) is 5.75 Å². The molecule has 148 valence electrons. The molecule has 27 heavy (non-hydrogen) atoms. The minimum Gasteiger partial charge on any atom is -0.429 e. The molecule has 0 bridgehead atoms. The smallest absolute Gasteiger partial charge is 0.429 e. The molecule has 2 rings (SSSR count). The van der Waals surface area contributed by atoms with Crippen LogP contribution in [0.4, 0.5) is 4.79 Å². The van der Waals surface area contributed by atoms with Crippen LogP contribution in [0.1, 0.15) is 5.56 Å². The predicted molar refractivity (Wildman–Crippen MR) is 105 cm³/mol. The van der Waals surface area contributed by atoms with Crippen molar-refractivity contribution in [2.45, 2.75) is 11.5 Å². The number of carbonyl (C=O) groups excluding carboxylic acids is 1. The molecule has 10 heteroatoms. The van der Waals surface area contributed by atoms with Gasteiger partial charge in [0.05, 0.1) is 7.11 Å². The molecule has 1 N–H and O–H groups in total. The van der Waals surface area contributed by atoms with Crippen LogP contribution >= 0.6 is 11.6 Å². The minimum absolute atomic E-state index is 0.0873. The molecule has 0 atom stereocenters. The van der Waals surface area contributed by atoms with E-state index in [2.05, 4.69) is 16.7 Å². The van der Waals surface area contributed by atoms with Gasteiger partial charge in [-0.1, -0.05) is 29.8 Å². The molecule has 0 spiro atoms. The van der Waals surface area contributed by atoms with Gasteiger partial charge in [0.25, 0.3) is 0 Å². The maximum absolute atomic E-state index is 11.6. The second-order valence-electron chi connectivity index (χ2n) is 5.11. The minimum atomic E-state index is -4.16. The van der Waals surface area contributed by atoms with Gasteiger partial charge in [-0.05, 0) is 30.3 Å². The molecule has 0 aliphatic carbocycles. The number of rotatable bonds is 5. The van der Waals surface area contributed by atoms with Crippen LogP contribution in [-0.4, -0.2) is 38.7 Å². The van der Waals surface area contributed by atoms with E-state index in [1.165, 1.54) is 4.90 Å². The molecule has 0 aliphatic heterocycles. The highest BCUT2D eigenvalue weighted by Gasteiger charge is 2.11. The monoisotopic (exact) mass is 435 g/mol. The molecule has 0 amide bonds. The van der Waals surface area contributed by atoms with Crippen LogP contribution < -0.4 is 4.74 Å². The van der Waals surface area contributed by atoms with Gasteiger partial charge in [-0.25, -0.2) is 4.79 Å². The molecule has 2 aromatic rings. The van der Waals surface area contributed by atoms with Crippen molar-refractivity contribution in [2.75, 3.05) is 19.6 Å². The number of hydrogen-bond acceptors (Lipinski definition) is 6. The second kappa shape index (κ2) is 11.2. The summed E-state index contributed by atoms with van der Waals surface area (Å²) < 4.78 is 39.9. The van der Waals surface area contributed by atoms with Crippen LogP contribution in [0, 0.1) is 0 Å². The number of hydrogen-bond donors (Lipinski definition) is 1. The Balaban J connectivity index is 0.000000527. The van der Waals surface area contributed by atoms with Gasteiger partial charge < -0.3 is 9.47 Å². The molecule has 0 unspecified atom stereocenters. The summed E-state index contributed by atoms with van der Waals surface area (Å²) in [4.78, 5) is 12.8. The lowest BCUT2D eigenvalue weighted by atomic mass is 10.2. The average molecular weight is 436 g/mol. The summed E-state index contributed by atoms with van der Waals surface area (Å²) in [6.45, 7) is 0.0873. The Morgan fingerprint density at radius 1 is 1.11 bits per heavy atom. The van der Waals surface area contributed by atoms with E-state index in [0.29, 0.717) is 10.8 Å². The number of halogens is 1. The Labute approximate surface area is 166 Å². The Morgan fingerprint density at radius 2 is 1.67 bits per heavy atom. The van der Waals surface area contributed by atoms with Crippen molar-refractivity contribution in [1.29, 1.82) is 0 Å². The first-order chi connectivity index (χ1) is 12.6. The highest BCUT2D eigenvalue weighted by molar-refractivity contribution is 7.95. The summed E-state index contributed by atoms with van der Waals surface area (Å²) in [7, 11) is -3.11. The zero-order chi connectivity index (χ0) is 20.4. The largest absolute Gasteiger partial charge is 0.514 e. The van der Waals surface area contributed by atoms with Crippen LogP contribution in [0.2, 0.25) is 5.02 Å². The molecule has 0 heterocycles. The standard InChI is InChI=1S/C16H16ClO3S.CH4O4S/c1-21(2)14-9-7-13(8-10-14)20-16(18)19-11-12-5-3-4-6-15(12)17;1-5-6(2,3)4/h3-10H,11H2,1-2H3;1H3,(H,2,3,4)/q+1;. The maximum Gasteiger partial charge on any atom is 0.514 e. The highest BCUT2D eigenvalue weighted by Crippen LogP contribution is 2.18. The third kappa shape index (κ3) is 9.64. The SMILES string of the molecule is COS(=O)(=O)O.C[S+](C)c1ccc(OC(=O)OCc2ccccc2Cl)cc1. The molecule has 0 saturated heterocycles. The van der Waals surface area contributed by atoms with Gasteiger partial charge in [0.1, 0.15) is 24.9 Å². The van der Waals surface area contributed by atoms with Crippen molar-refractivity contribution in [1.82, 2.24) is 0 Å². The number of carbonyl (C=O) groups is 1. The Morgan fingerprint density at radius 3 is 2.15 bits per heavy atom. The van der Waals surface area contributed by atoms with E-state index in [9.17, 15) is 13.2 Å². The lowest BCUT2D eigenvalue weighted by Gasteiger charge is -2.07. The molecule has 2 aromatic carbocycles. The van der Waals surface area contributed by atoms with E-state index in [1.54, 1.807) is 24.3 Å². The molecule has 7 nitrogen and oxygen atoms in total. The van der Waals surface area contributed by atoms with E-state index in [0.717, 1.165) is 12.7 Å². The Hall–Kier alpha value is -1.78. The van der Waals surface area contributed by atoms with Crippen LogP contribution in [0.15, 0.2) is 53.4 Å². The highest BCUT2D eigenvalue weighted by atomic mass is 35.5. The van der Waals surface area contributed by atoms with Crippen molar-refractivity contribution in [3.05, 3.63) is 59.1 Å². The van der Waals surface area contributed by atoms with Crippen molar-refractivity contribution >= 4 is 39.1 Å². The fourth-order valence-corrected chi connectivity index (χ4v) is 2.53. The summed E-state index contributed by atoms with van der Waals surface area (Å²) in [6.07, 6.45) is 3.52. The molecular weight excluding hydrogens is 416 g/mol. The Kier molecular flexibility index (Phi) is 9.61. The zero-order valence-electron chi connectivity index (χ0n) is 14.9. The predicted octanol–water partition coefficient (Wildman–Crippen LogP) is 3.73. The summed E-state index contributed by atoms with van der Waals surface area (Å²) in [6, 6.07) is 14.6. The van der Waals surface area contributed by atoms with Crippen LogP contribution in [0.25, 0.3) is 0 Å². The quantitative estimate of drug-likeness (QED) is 0.330. The number of ether oxygens (including phenoxy) is 2. The van der Waals surface area contributed by atoms with Gasteiger partial charge in [-0.3, -0.25) is 8.74 Å². The van der Waals surface area contributed by atoms with E-state index >= 15 is 0 Å². The summed E-state index contributed by atoms with van der Waals surface area (Å²) in [5, 5.41) is 0.563. The first kappa shape index (κ1) is 23.3. The van der Waals surface area contributed by atoms with Gasteiger partial charge in [-0.2, -0.15) is 8.42 Å². The summed E-state index contributed by atoms with van der Waals surface area (Å²) >= 11 is 5.98. The second-order valence-corrected chi connectivity index (χ2v) is 8.81. The molecule has 0 aliphatic rings. The molecule has 0 saturated carbocycles. The average Bonchev–Trinajstić information content (AvgIpc) is 2.61. The Bertz CT molecular complexity index is 837. The van der Waals surface area contributed by atoms with Gasteiger partial charge >= 0.3 is 16.6 Å². The lowest BCUT2D eigenvalue weighted by Crippen LogP contribution is -2.10. The number of benzene rings is 2. The fraction of sp³-hybridized carbons (Fsp3) is 0.235. The van der Waals surface area contributed by atoms with E-state index in [4.69, 9.17) is 25.6 Å². The summed E-state index contributed by atoms with van der Waals surface area (Å²) in [5.74, 6) is 0.466. The molecule has 0 fully saturated rings. The zero-order valence-corrected chi connectivity index (χ0v) is 17.3. The molecule has 0 radical (unpaired) electrons. The van der Waals surface area contributed by atoms with Crippen LogP contribution in [-0.2, 0) is 36.8 Å². The first-order valence-electron chi connectivity index (χ1n) is 7.41. The first-order valence-corrected chi connectivity index (χ1v) is 11.2. The van der Waals surface area contributed by atoms with Crippen molar-refractivity contribution in [3.63, 3.8) is 0 Å². The van der Waals surface area contributed by atoms with E-state index < -0.39 is 16.6 Å². The molecular formula is C17H20ClO7S2+. The topological polar surface area (TPSA) is 99.1 Å². The lowest BCUT2D eigenvalue weighted by molar-refractivity contribution is 0.0928. The van der Waals surface area contributed by atoms with Gasteiger partial charge in [0, 0.05) is 21.5 Å². The normalized spacial score (nSPS) is 10.7. The fourth-order valence-electron chi connectivity index (χ4n) is 1.66. The maximum atomic E-state index is 11.6. The van der Waals surface area contributed by atoms with Crippen molar-refractivity contribution in [2.24, 2.45) is 0 Å². The van der Waals surface area contributed by atoms with Crippen LogP contribution in [0.5, 0.6) is 5.75 Å². The van der Waals surface area contributed by atoms with Gasteiger partial charge in [0.15, 0.2) is 4.90 Å². The van der Waals surface area contributed by atoms with E-state index in [-0.39, 0.29) is 17.5 Å². The van der Waals surface area contributed by atoms with E-state index in [1.807, 2.05) is 24.3 Å². The van der Waals surface area contributed by atoms with Crippen molar-refractivity contribution < 1.29 is 31.4 Å². The van der Waals surface area contributed by atoms with Crippen LogP contribution in [0.3, 0.4) is 0 Å². The summed E-state index contributed by atoms with van der Waals surface area (Å²) in [5.41, 5.74) is 0.743. The third-order valence-electron chi connectivity index (χ3n) is 3.01. The third-order valence-corrected chi connectivity index (χ3v) is 5.02. The van der Waals surface area contributed by atoms with Gasteiger partial charge in [0.2, 0.25) is 0 Å². The molecule has 0 aromatic heterocycles.